The highest BCUT2D eigenvalue weighted by Crippen LogP contribution is 2.09. The normalized spacial score (nSPS) is 11.3. The molecule has 1 rings (SSSR count). The monoisotopic (exact) mass is 296 g/mol. The van der Waals surface area contributed by atoms with Gasteiger partial charge in [0.25, 0.3) is 0 Å². The van der Waals surface area contributed by atoms with E-state index in [0.717, 1.165) is 12.1 Å². The van der Waals surface area contributed by atoms with E-state index >= 15 is 0 Å². The van der Waals surface area contributed by atoms with E-state index in [4.69, 9.17) is 5.26 Å². The van der Waals surface area contributed by atoms with Crippen LogP contribution >= 0.6 is 0 Å². The number of nitriles is 1. The molecule has 112 valence electrons. The molecule has 7 heteroatoms. The smallest absolute Gasteiger partial charge is 0.328 e. The Balaban J connectivity index is 2.66. The summed E-state index contributed by atoms with van der Waals surface area (Å²) in [7, 11) is 1.17. The first-order valence-electron chi connectivity index (χ1n) is 6.16. The maximum Gasteiger partial charge on any atom is 0.328 e. The van der Waals surface area contributed by atoms with Crippen LogP contribution in [0.15, 0.2) is 18.2 Å². The zero-order valence-corrected chi connectivity index (χ0v) is 11.4. The van der Waals surface area contributed by atoms with Crippen molar-refractivity contribution in [3.05, 3.63) is 35.4 Å². The van der Waals surface area contributed by atoms with Gasteiger partial charge in [0.1, 0.15) is 6.04 Å². The molecule has 0 heterocycles. The van der Waals surface area contributed by atoms with Gasteiger partial charge in [0, 0.05) is 6.42 Å². The van der Waals surface area contributed by atoms with Crippen molar-refractivity contribution < 1.29 is 23.1 Å². The van der Waals surface area contributed by atoms with Crippen LogP contribution in [0.3, 0.4) is 0 Å². The van der Waals surface area contributed by atoms with Crippen LogP contribution in [0.4, 0.5) is 8.78 Å². The largest absolute Gasteiger partial charge is 0.467 e. The van der Waals surface area contributed by atoms with Gasteiger partial charge in [-0.1, -0.05) is 6.07 Å². The Morgan fingerprint density at radius 2 is 2.10 bits per heavy atom. The summed E-state index contributed by atoms with van der Waals surface area (Å²) in [4.78, 5) is 23.2. The second-order valence-electron chi connectivity index (χ2n) is 4.27. The zero-order chi connectivity index (χ0) is 15.8. The molecule has 0 aliphatic carbocycles. The highest BCUT2D eigenvalue weighted by molar-refractivity contribution is 5.85. The summed E-state index contributed by atoms with van der Waals surface area (Å²) in [5, 5.41) is 10.9. The Kier molecular flexibility index (Phi) is 6.27. The average Bonchev–Trinajstić information content (AvgIpc) is 2.46. The van der Waals surface area contributed by atoms with E-state index in [1.807, 2.05) is 6.07 Å². The van der Waals surface area contributed by atoms with E-state index in [-0.39, 0.29) is 24.8 Å². The molecular formula is C14H14F2N2O3. The number of esters is 1. The number of methoxy groups -OCH3 is 1. The minimum absolute atomic E-state index is 0.0746. The standard InChI is InChI=1S/C14H14F2N2O3/c1-21-14(20)12(3-2-6-17)18-13(19)8-9-4-5-10(15)11(16)7-9/h4-5,7,12H,2-3,8H2,1H3,(H,18,19)/t12-/m1/s1. The van der Waals surface area contributed by atoms with Crippen LogP contribution in [0.1, 0.15) is 18.4 Å². The van der Waals surface area contributed by atoms with Crippen LogP contribution in [0.2, 0.25) is 0 Å². The Bertz CT molecular complexity index is 570. The van der Waals surface area contributed by atoms with Crippen molar-refractivity contribution >= 4 is 11.9 Å². The lowest BCUT2D eigenvalue weighted by Crippen LogP contribution is -2.42. The van der Waals surface area contributed by atoms with Crippen LogP contribution in [-0.2, 0) is 20.7 Å². The van der Waals surface area contributed by atoms with Gasteiger partial charge in [0.2, 0.25) is 5.91 Å². The van der Waals surface area contributed by atoms with Crippen molar-refractivity contribution in [1.29, 1.82) is 5.26 Å². The highest BCUT2D eigenvalue weighted by atomic mass is 19.2. The number of nitrogens with one attached hydrogen (secondary N) is 1. The van der Waals surface area contributed by atoms with Crippen LogP contribution in [0, 0.1) is 23.0 Å². The number of amides is 1. The molecule has 1 atom stereocenters. The molecule has 0 radical (unpaired) electrons. The van der Waals surface area contributed by atoms with E-state index in [2.05, 4.69) is 10.1 Å². The summed E-state index contributed by atoms with van der Waals surface area (Å²) in [6.45, 7) is 0. The molecule has 1 aromatic rings. The van der Waals surface area contributed by atoms with Gasteiger partial charge in [0.15, 0.2) is 11.6 Å². The lowest BCUT2D eigenvalue weighted by Gasteiger charge is -2.15. The Morgan fingerprint density at radius 3 is 2.67 bits per heavy atom. The van der Waals surface area contributed by atoms with E-state index in [9.17, 15) is 18.4 Å². The molecule has 21 heavy (non-hydrogen) atoms. The quantitative estimate of drug-likeness (QED) is 0.806. The van der Waals surface area contributed by atoms with Gasteiger partial charge in [-0.2, -0.15) is 5.26 Å². The molecular weight excluding hydrogens is 282 g/mol. The molecule has 0 saturated carbocycles. The molecule has 0 unspecified atom stereocenters. The van der Waals surface area contributed by atoms with Crippen LogP contribution in [-0.4, -0.2) is 25.0 Å². The van der Waals surface area contributed by atoms with Gasteiger partial charge in [0.05, 0.1) is 19.6 Å². The summed E-state index contributed by atoms with van der Waals surface area (Å²) in [6, 6.07) is 4.04. The molecule has 0 aliphatic heterocycles. The third-order valence-corrected chi connectivity index (χ3v) is 2.71. The zero-order valence-electron chi connectivity index (χ0n) is 11.4. The average molecular weight is 296 g/mol. The molecule has 0 saturated heterocycles. The van der Waals surface area contributed by atoms with Crippen molar-refractivity contribution in [3.63, 3.8) is 0 Å². The van der Waals surface area contributed by atoms with Crippen LogP contribution < -0.4 is 5.32 Å². The fourth-order valence-electron chi connectivity index (χ4n) is 1.68. The van der Waals surface area contributed by atoms with Crippen molar-refractivity contribution in [2.75, 3.05) is 7.11 Å². The summed E-state index contributed by atoms with van der Waals surface area (Å²) < 4.78 is 30.3. The predicted molar refractivity (Wildman–Crippen MR) is 68.9 cm³/mol. The number of carbonyl (C=O) groups is 2. The Hall–Kier alpha value is -2.49. The van der Waals surface area contributed by atoms with E-state index in [1.165, 1.54) is 13.2 Å². The van der Waals surface area contributed by atoms with Gasteiger partial charge in [-0.25, -0.2) is 13.6 Å². The van der Waals surface area contributed by atoms with Crippen molar-refractivity contribution in [1.82, 2.24) is 5.32 Å². The summed E-state index contributed by atoms with van der Waals surface area (Å²) in [5.74, 6) is -3.26. The van der Waals surface area contributed by atoms with Crippen molar-refractivity contribution in [2.24, 2.45) is 0 Å². The number of halogens is 2. The van der Waals surface area contributed by atoms with Gasteiger partial charge in [-0.3, -0.25) is 4.79 Å². The van der Waals surface area contributed by atoms with E-state index < -0.39 is 29.6 Å². The minimum Gasteiger partial charge on any atom is -0.467 e. The van der Waals surface area contributed by atoms with Crippen LogP contribution in [0.5, 0.6) is 0 Å². The fourth-order valence-corrected chi connectivity index (χ4v) is 1.68. The topological polar surface area (TPSA) is 79.2 Å². The molecule has 0 spiro atoms. The number of ether oxygens (including phenoxy) is 1. The molecule has 0 aromatic heterocycles. The molecule has 1 amide bonds. The number of nitrogens with zero attached hydrogens (tertiary/aromatic N) is 1. The van der Waals surface area contributed by atoms with Crippen molar-refractivity contribution in [3.8, 4) is 6.07 Å². The second kappa shape index (κ2) is 7.94. The fraction of sp³-hybridized carbons (Fsp3) is 0.357. The minimum atomic E-state index is -1.05. The summed E-state index contributed by atoms with van der Waals surface area (Å²) in [5.41, 5.74) is 0.273. The molecule has 0 aliphatic rings. The number of hydrogen-bond acceptors (Lipinski definition) is 4. The van der Waals surface area contributed by atoms with Crippen LogP contribution in [0.25, 0.3) is 0 Å². The molecule has 5 nitrogen and oxygen atoms in total. The second-order valence-corrected chi connectivity index (χ2v) is 4.27. The first-order chi connectivity index (χ1) is 9.97. The van der Waals surface area contributed by atoms with Crippen molar-refractivity contribution in [2.45, 2.75) is 25.3 Å². The molecule has 0 bridgehead atoms. The molecule has 1 aromatic carbocycles. The van der Waals surface area contributed by atoms with Gasteiger partial charge in [-0.15, -0.1) is 0 Å². The SMILES string of the molecule is COC(=O)[C@@H](CCC#N)NC(=O)Cc1ccc(F)c(F)c1. The van der Waals surface area contributed by atoms with E-state index in [1.54, 1.807) is 0 Å². The molecule has 0 fully saturated rings. The van der Waals surface area contributed by atoms with Gasteiger partial charge in [-0.05, 0) is 24.1 Å². The van der Waals surface area contributed by atoms with Gasteiger partial charge < -0.3 is 10.1 Å². The third-order valence-electron chi connectivity index (χ3n) is 2.71. The predicted octanol–water partition coefficient (Wildman–Crippen LogP) is 1.47. The maximum atomic E-state index is 13.0. The molecule has 1 N–H and O–H groups in total. The number of rotatable bonds is 6. The number of hydrogen-bond donors (Lipinski definition) is 1. The number of benzene rings is 1. The number of carbonyl (C=O) groups excluding carboxylic acids is 2. The lowest BCUT2D eigenvalue weighted by atomic mass is 10.1. The summed E-state index contributed by atoms with van der Waals surface area (Å²) in [6.07, 6.45) is -0.0187. The summed E-state index contributed by atoms with van der Waals surface area (Å²) >= 11 is 0. The van der Waals surface area contributed by atoms with E-state index in [0.29, 0.717) is 0 Å². The third kappa shape index (κ3) is 5.18. The lowest BCUT2D eigenvalue weighted by molar-refractivity contribution is -0.145. The Labute approximate surface area is 120 Å². The Morgan fingerprint density at radius 1 is 1.38 bits per heavy atom. The first kappa shape index (κ1) is 16.6. The van der Waals surface area contributed by atoms with Gasteiger partial charge >= 0.3 is 5.97 Å². The first-order valence-corrected chi connectivity index (χ1v) is 6.16. The highest BCUT2D eigenvalue weighted by Gasteiger charge is 2.21. The maximum absolute atomic E-state index is 13.0.